The third-order valence-electron chi connectivity index (χ3n) is 0. The van der Waals surface area contributed by atoms with Gasteiger partial charge in [-0.2, -0.15) is 0 Å². The molecule has 0 aliphatic rings. The van der Waals surface area contributed by atoms with Crippen molar-refractivity contribution in [1.29, 1.82) is 0 Å². The molecule has 1 N–H and O–H groups in total. The van der Waals surface area contributed by atoms with Crippen molar-refractivity contribution in [1.82, 2.24) is 0 Å². The molecule has 0 rings (SSSR count). The zero-order valence-electron chi connectivity index (χ0n) is 2.21. The Morgan fingerprint density at radius 2 is 1.80 bits per heavy atom. The van der Waals surface area contributed by atoms with Crippen LogP contribution in [-0.4, -0.2) is 5.21 Å². The first-order chi connectivity index (χ1) is 2.41. The van der Waals surface area contributed by atoms with E-state index in [-0.39, 0.29) is 0 Å². The van der Waals surface area contributed by atoms with Crippen molar-refractivity contribution < 1.29 is 9.86 Å². The molecular formula is CHNO3. The van der Waals surface area contributed by atoms with Crippen LogP contribution in [-0.2, 0) is 4.65 Å². The summed E-state index contributed by atoms with van der Waals surface area (Å²) in [5, 5.41) is 7.89. The van der Waals surface area contributed by atoms with Gasteiger partial charge in [0.2, 0.25) is 0 Å². The van der Waals surface area contributed by atoms with Crippen LogP contribution in [0.2, 0.25) is 0 Å². The normalized spacial score (nSPS) is 2.80. The van der Waals surface area contributed by atoms with Crippen molar-refractivity contribution in [3.8, 4) is 0 Å². The van der Waals surface area contributed by atoms with Crippen molar-refractivity contribution in [3.05, 3.63) is 11.6 Å². The molecule has 5 heavy (non-hydrogen) atoms. The molecule has 0 aromatic rings. The Balaban J connectivity index is 0. The number of nitrogens with zero attached hydrogens (tertiary/aromatic N) is 1. The van der Waals surface area contributed by atoms with Gasteiger partial charge >= 0.3 is 11.3 Å². The van der Waals surface area contributed by atoms with Gasteiger partial charge in [-0.25, -0.2) is 0 Å². The van der Waals surface area contributed by atoms with E-state index in [1.54, 1.807) is 0 Å². The molecule has 0 heterocycles. The molecule has 0 atom stereocenters. The second-order valence-electron chi connectivity index (χ2n) is 0.0816. The minimum absolute atomic E-state index is 1.25. The van der Waals surface area contributed by atoms with Crippen molar-refractivity contribution in [2.75, 3.05) is 0 Å². The van der Waals surface area contributed by atoms with Crippen LogP contribution in [0.1, 0.15) is 0 Å². The molecule has 0 unspecified atom stereocenters. The minimum atomic E-state index is 1.25. The van der Waals surface area contributed by atoms with Crippen LogP contribution in [0.4, 0.5) is 0 Å². The molecule has 0 saturated heterocycles. The molecular weight excluding hydrogens is 74.0 g/mol. The van der Waals surface area contributed by atoms with Crippen LogP contribution in [0.15, 0.2) is 5.34 Å². The molecule has 4 nitrogen and oxygen atoms in total. The van der Waals surface area contributed by atoms with Crippen molar-refractivity contribution in [2.24, 2.45) is 5.34 Å². The van der Waals surface area contributed by atoms with Crippen molar-refractivity contribution in [3.63, 3.8) is 0 Å². The van der Waals surface area contributed by atoms with Gasteiger partial charge in [-0.1, -0.05) is 0 Å². The second-order valence-corrected chi connectivity index (χ2v) is 0.0816. The molecule has 0 radical (unpaired) electrons. The molecule has 0 aromatic carbocycles. The maximum absolute atomic E-state index is 8.11. The van der Waals surface area contributed by atoms with E-state index in [0.29, 0.717) is 0 Å². The van der Waals surface area contributed by atoms with E-state index in [2.05, 4.69) is 6.65 Å². The molecule has 0 bridgehead atoms. The Bertz CT molecular complexity index is 31.1. The fourth-order valence-corrected chi connectivity index (χ4v) is 0. The van der Waals surface area contributed by atoms with Gasteiger partial charge in [-0.15, -0.1) is 4.91 Å². The Hall–Kier alpha value is -0.860. The molecule has 0 amide bonds. The summed E-state index contributed by atoms with van der Waals surface area (Å²) in [6.45, 7) is 4.50. The van der Waals surface area contributed by atoms with E-state index < -0.39 is 0 Å². The summed E-state index contributed by atoms with van der Waals surface area (Å²) in [6, 6.07) is 0. The van der Waals surface area contributed by atoms with Crippen LogP contribution in [0.5, 0.6) is 0 Å². The van der Waals surface area contributed by atoms with E-state index in [4.69, 9.17) is 14.8 Å². The van der Waals surface area contributed by atoms with Crippen LogP contribution in [0.3, 0.4) is 0 Å². The molecule has 4 heteroatoms. The first kappa shape index (κ1) is 8.91. The van der Waals surface area contributed by atoms with Gasteiger partial charge in [0, 0.05) is 0 Å². The summed E-state index contributed by atoms with van der Waals surface area (Å²) in [7, 11) is 0. The Morgan fingerprint density at radius 1 is 1.80 bits per heavy atom. The van der Waals surface area contributed by atoms with Gasteiger partial charge in [0.1, 0.15) is 0 Å². The second kappa shape index (κ2) is 734. The topological polar surface area (TPSA) is 69.6 Å². The zero-order chi connectivity index (χ0) is 4.71. The van der Waals surface area contributed by atoms with Gasteiger partial charge < -0.3 is 5.21 Å². The SMILES string of the molecule is O=NO.[C-]#[O+]. The van der Waals surface area contributed by atoms with Gasteiger partial charge in [0.15, 0.2) is 5.34 Å². The third-order valence-corrected chi connectivity index (χ3v) is 0. The number of hydrogen-bond acceptors (Lipinski definition) is 2. The molecule has 0 fully saturated rings. The van der Waals surface area contributed by atoms with Crippen molar-refractivity contribution in [2.45, 2.75) is 0 Å². The van der Waals surface area contributed by atoms with Crippen LogP contribution in [0, 0.1) is 11.6 Å². The number of rotatable bonds is 0. The number of hydrogen-bond donors (Lipinski definition) is 1. The quantitative estimate of drug-likeness (QED) is 0.192. The summed E-state index contributed by atoms with van der Waals surface area (Å²) in [5.74, 6) is 0. The molecule has 0 aliphatic heterocycles. The molecule has 0 spiro atoms. The monoisotopic (exact) mass is 75.0 g/mol. The van der Waals surface area contributed by atoms with E-state index in [9.17, 15) is 0 Å². The summed E-state index contributed by atoms with van der Waals surface area (Å²) >= 11 is 0. The van der Waals surface area contributed by atoms with Gasteiger partial charge in [-0.05, 0) is 0 Å². The summed E-state index contributed by atoms with van der Waals surface area (Å²) in [6.07, 6.45) is 0. The van der Waals surface area contributed by atoms with Crippen LogP contribution < -0.4 is 0 Å². The summed E-state index contributed by atoms with van der Waals surface area (Å²) in [5.41, 5.74) is 0. The third kappa shape index (κ3) is 5.52. The Labute approximate surface area is 28.1 Å². The fraction of sp³-hybridized carbons (Fsp3) is 0. The molecule has 0 aromatic heterocycles. The first-order valence-electron chi connectivity index (χ1n) is 0.587. The fourth-order valence-electron chi connectivity index (χ4n) is 0. The molecule has 28 valence electrons. The first-order valence-corrected chi connectivity index (χ1v) is 0.587. The predicted octanol–water partition coefficient (Wildman–Crippen LogP) is 0.104. The maximum atomic E-state index is 8.11. The van der Waals surface area contributed by atoms with E-state index in [1.807, 2.05) is 0 Å². The van der Waals surface area contributed by atoms with Crippen LogP contribution in [0.25, 0.3) is 0 Å². The van der Waals surface area contributed by atoms with Gasteiger partial charge in [-0.3, -0.25) is 0 Å². The van der Waals surface area contributed by atoms with Crippen LogP contribution >= 0.6 is 0 Å². The van der Waals surface area contributed by atoms with Gasteiger partial charge in [0.05, 0.1) is 0 Å². The predicted molar refractivity (Wildman–Crippen MR) is 11.5 cm³/mol. The Morgan fingerprint density at radius 3 is 1.80 bits per heavy atom. The average molecular weight is 75.0 g/mol. The average Bonchev–Trinajstić information content (AvgIpc) is 1.46. The summed E-state index contributed by atoms with van der Waals surface area (Å²) in [4.78, 5) is 8.11. The zero-order valence-corrected chi connectivity index (χ0v) is 2.21. The van der Waals surface area contributed by atoms with Gasteiger partial charge in [0.25, 0.3) is 0 Å². The van der Waals surface area contributed by atoms with Crippen molar-refractivity contribution >= 4 is 0 Å². The molecule has 0 aliphatic carbocycles. The summed E-state index contributed by atoms with van der Waals surface area (Å²) < 4.78 is 7.50. The van der Waals surface area contributed by atoms with E-state index in [1.165, 1.54) is 5.34 Å². The van der Waals surface area contributed by atoms with E-state index >= 15 is 0 Å². The molecule has 0 saturated carbocycles. The Kier molecular flexibility index (Phi) is 1310. The van der Waals surface area contributed by atoms with E-state index in [0.717, 1.165) is 0 Å². The standard InChI is InChI=1S/CO.HNO2/c1-2;2-1-3/h;(H,2,3).